The van der Waals surface area contributed by atoms with E-state index in [0.717, 1.165) is 19.4 Å². The third-order valence-electron chi connectivity index (χ3n) is 4.83. The monoisotopic (exact) mass is 305 g/mol. The summed E-state index contributed by atoms with van der Waals surface area (Å²) in [6.45, 7) is 0.652. The molecule has 1 aromatic carbocycles. The lowest BCUT2D eigenvalue weighted by Crippen LogP contribution is -2.44. The molecule has 2 bridgehead atoms. The Labute approximate surface area is 130 Å². The fourth-order valence-electron chi connectivity index (χ4n) is 3.72. The highest BCUT2D eigenvalue weighted by Gasteiger charge is 2.40. The van der Waals surface area contributed by atoms with E-state index in [1.807, 2.05) is 31.4 Å². The van der Waals surface area contributed by atoms with Crippen LogP contribution in [-0.2, 0) is 16.1 Å². The summed E-state index contributed by atoms with van der Waals surface area (Å²) < 4.78 is 10.7. The Kier molecular flexibility index (Phi) is 4.64. The highest BCUT2D eigenvalue weighted by Crippen LogP contribution is 2.37. The summed E-state index contributed by atoms with van der Waals surface area (Å²) in [7, 11) is 1.82. The maximum Gasteiger partial charge on any atom is 0.341 e. The molecule has 1 aromatic rings. The van der Waals surface area contributed by atoms with Crippen LogP contribution >= 0.6 is 0 Å². The van der Waals surface area contributed by atoms with E-state index in [-0.39, 0.29) is 6.61 Å². The van der Waals surface area contributed by atoms with Crippen LogP contribution in [0.1, 0.15) is 31.2 Å². The highest BCUT2D eigenvalue weighted by atomic mass is 16.5. The van der Waals surface area contributed by atoms with E-state index in [1.165, 1.54) is 18.4 Å². The Hall–Kier alpha value is -1.59. The third kappa shape index (κ3) is 3.42. The summed E-state index contributed by atoms with van der Waals surface area (Å²) >= 11 is 0. The molecule has 3 atom stereocenters. The first kappa shape index (κ1) is 15.3. The van der Waals surface area contributed by atoms with E-state index in [4.69, 9.17) is 14.6 Å². The van der Waals surface area contributed by atoms with Gasteiger partial charge in [-0.3, -0.25) is 4.90 Å². The van der Waals surface area contributed by atoms with Crippen LogP contribution in [0.3, 0.4) is 0 Å². The number of carboxylic acids is 1. The second-order valence-electron chi connectivity index (χ2n) is 6.21. The number of carboxylic acid groups (broad SMARTS) is 1. The fraction of sp³-hybridized carbons (Fsp3) is 0.588. The zero-order valence-electron chi connectivity index (χ0n) is 12.9. The molecular formula is C17H23NO4. The van der Waals surface area contributed by atoms with Crippen molar-refractivity contribution in [1.82, 2.24) is 4.90 Å². The van der Waals surface area contributed by atoms with Crippen molar-refractivity contribution in [2.24, 2.45) is 0 Å². The lowest BCUT2D eigenvalue weighted by Gasteiger charge is -2.38. The van der Waals surface area contributed by atoms with Crippen LogP contribution < -0.4 is 4.74 Å². The largest absolute Gasteiger partial charge is 0.482 e. The van der Waals surface area contributed by atoms with E-state index in [2.05, 4.69) is 4.90 Å². The maximum atomic E-state index is 10.5. The van der Waals surface area contributed by atoms with Gasteiger partial charge in [-0.05, 0) is 43.4 Å². The summed E-state index contributed by atoms with van der Waals surface area (Å²) in [5.74, 6) is -0.353. The standard InChI is InChI=1S/C17H23NO4/c1-21-16-8-13-4-5-14(9-16)18(13)10-12-2-6-15(7-3-12)22-11-17(19)20/h2-3,6-7,13-14,16H,4-5,8-11H2,1H3,(H,19,20)/t13-,14+,16?. The number of hydrogen-bond acceptors (Lipinski definition) is 4. The molecule has 5 nitrogen and oxygen atoms in total. The molecule has 0 aromatic heterocycles. The van der Waals surface area contributed by atoms with Gasteiger partial charge in [0.2, 0.25) is 0 Å². The molecule has 2 saturated heterocycles. The van der Waals surface area contributed by atoms with Crippen molar-refractivity contribution in [3.05, 3.63) is 29.8 Å². The molecule has 0 radical (unpaired) electrons. The molecule has 0 amide bonds. The van der Waals surface area contributed by atoms with Gasteiger partial charge in [0.1, 0.15) is 5.75 Å². The minimum absolute atomic E-state index is 0.298. The zero-order valence-corrected chi connectivity index (χ0v) is 12.9. The van der Waals surface area contributed by atoms with E-state index in [9.17, 15) is 4.79 Å². The zero-order chi connectivity index (χ0) is 15.5. The lowest BCUT2D eigenvalue weighted by molar-refractivity contribution is -0.139. The van der Waals surface area contributed by atoms with E-state index < -0.39 is 5.97 Å². The molecule has 3 rings (SSSR count). The Morgan fingerprint density at radius 3 is 2.41 bits per heavy atom. The van der Waals surface area contributed by atoms with Crippen LogP contribution in [0.25, 0.3) is 0 Å². The van der Waals surface area contributed by atoms with Crippen molar-refractivity contribution in [3.63, 3.8) is 0 Å². The van der Waals surface area contributed by atoms with Crippen molar-refractivity contribution < 1.29 is 19.4 Å². The number of piperidine rings is 1. The van der Waals surface area contributed by atoms with Crippen molar-refractivity contribution >= 4 is 5.97 Å². The average Bonchev–Trinajstić information content (AvgIpc) is 2.75. The number of nitrogens with zero attached hydrogens (tertiary/aromatic N) is 1. The van der Waals surface area contributed by atoms with Gasteiger partial charge in [0.25, 0.3) is 0 Å². The van der Waals surface area contributed by atoms with Gasteiger partial charge in [-0.1, -0.05) is 12.1 Å². The highest BCUT2D eigenvalue weighted by molar-refractivity contribution is 5.68. The quantitative estimate of drug-likeness (QED) is 0.874. The molecule has 2 aliphatic heterocycles. The number of carbonyl (C=O) groups is 1. The van der Waals surface area contributed by atoms with Crippen LogP contribution in [0.5, 0.6) is 5.75 Å². The van der Waals surface area contributed by atoms with Crippen molar-refractivity contribution in [1.29, 1.82) is 0 Å². The van der Waals surface area contributed by atoms with Crippen LogP contribution in [0.2, 0.25) is 0 Å². The predicted octanol–water partition coefficient (Wildman–Crippen LogP) is 2.29. The summed E-state index contributed by atoms with van der Waals surface area (Å²) in [5.41, 5.74) is 1.25. The molecule has 0 aliphatic carbocycles. The number of benzene rings is 1. The number of hydrogen-bond donors (Lipinski definition) is 1. The number of aliphatic carboxylic acids is 1. The van der Waals surface area contributed by atoms with Gasteiger partial charge < -0.3 is 14.6 Å². The minimum atomic E-state index is -0.957. The van der Waals surface area contributed by atoms with Gasteiger partial charge in [0.15, 0.2) is 6.61 Å². The maximum absolute atomic E-state index is 10.5. The van der Waals surface area contributed by atoms with Gasteiger partial charge in [-0.25, -0.2) is 4.79 Å². The second kappa shape index (κ2) is 6.67. The number of methoxy groups -OCH3 is 1. The summed E-state index contributed by atoms with van der Waals surface area (Å²) in [6.07, 6.45) is 5.22. The van der Waals surface area contributed by atoms with Crippen LogP contribution in [0.4, 0.5) is 0 Å². The number of rotatable bonds is 6. The van der Waals surface area contributed by atoms with E-state index in [0.29, 0.717) is 23.9 Å². The molecule has 1 unspecified atom stereocenters. The first-order valence-corrected chi connectivity index (χ1v) is 7.88. The fourth-order valence-corrected chi connectivity index (χ4v) is 3.72. The number of ether oxygens (including phenoxy) is 2. The molecule has 22 heavy (non-hydrogen) atoms. The van der Waals surface area contributed by atoms with Gasteiger partial charge >= 0.3 is 5.97 Å². The summed E-state index contributed by atoms with van der Waals surface area (Å²) in [4.78, 5) is 13.1. The molecular weight excluding hydrogens is 282 g/mol. The Balaban J connectivity index is 1.58. The molecule has 2 aliphatic rings. The number of fused-ring (bicyclic) bond motifs is 2. The molecule has 0 spiro atoms. The normalized spacial score (nSPS) is 27.8. The van der Waals surface area contributed by atoms with Gasteiger partial charge in [-0.15, -0.1) is 0 Å². The molecule has 2 fully saturated rings. The topological polar surface area (TPSA) is 59.0 Å². The summed E-state index contributed by atoms with van der Waals surface area (Å²) in [6, 6.07) is 9.01. The predicted molar refractivity (Wildman–Crippen MR) is 82.0 cm³/mol. The molecule has 1 N–H and O–H groups in total. The minimum Gasteiger partial charge on any atom is -0.482 e. The van der Waals surface area contributed by atoms with Gasteiger partial charge in [0, 0.05) is 25.7 Å². The van der Waals surface area contributed by atoms with E-state index in [1.54, 1.807) is 0 Å². The van der Waals surface area contributed by atoms with E-state index >= 15 is 0 Å². The smallest absolute Gasteiger partial charge is 0.341 e. The molecule has 2 heterocycles. The molecule has 0 saturated carbocycles. The SMILES string of the molecule is COC1C[C@H]2CC[C@@H](C1)N2Cc1ccc(OCC(=O)O)cc1. The Bertz CT molecular complexity index is 502. The van der Waals surface area contributed by atoms with Gasteiger partial charge in [-0.2, -0.15) is 0 Å². The van der Waals surface area contributed by atoms with Crippen molar-refractivity contribution in [2.75, 3.05) is 13.7 Å². The summed E-state index contributed by atoms with van der Waals surface area (Å²) in [5, 5.41) is 8.61. The first-order chi connectivity index (χ1) is 10.7. The molecule has 120 valence electrons. The second-order valence-corrected chi connectivity index (χ2v) is 6.21. The van der Waals surface area contributed by atoms with Crippen LogP contribution in [0.15, 0.2) is 24.3 Å². The van der Waals surface area contributed by atoms with Crippen molar-refractivity contribution in [3.8, 4) is 5.75 Å². The average molecular weight is 305 g/mol. The lowest BCUT2D eigenvalue weighted by atomic mass is 9.99. The Morgan fingerprint density at radius 1 is 1.23 bits per heavy atom. The first-order valence-electron chi connectivity index (χ1n) is 7.88. The molecule has 5 heteroatoms. The Morgan fingerprint density at radius 2 is 1.86 bits per heavy atom. The third-order valence-corrected chi connectivity index (χ3v) is 4.83. The van der Waals surface area contributed by atoms with Crippen molar-refractivity contribution in [2.45, 2.75) is 50.4 Å². The van der Waals surface area contributed by atoms with Crippen LogP contribution in [-0.4, -0.2) is 47.9 Å². The van der Waals surface area contributed by atoms with Crippen LogP contribution in [0, 0.1) is 0 Å². The van der Waals surface area contributed by atoms with Gasteiger partial charge in [0.05, 0.1) is 6.10 Å².